The largest absolute Gasteiger partial charge is 0.504 e. The number of ether oxygens (including phenoxy) is 2. The Labute approximate surface area is 108 Å². The molecule has 0 saturated carbocycles. The fourth-order valence-corrected chi connectivity index (χ4v) is 2.03. The lowest BCUT2D eigenvalue weighted by molar-refractivity contribution is -0.0999. The number of hydrogen-bond donors (Lipinski definition) is 2. The molecule has 1 fully saturated rings. The van der Waals surface area contributed by atoms with Gasteiger partial charge in [0, 0.05) is 18.0 Å². The van der Waals surface area contributed by atoms with E-state index in [2.05, 4.69) is 19.2 Å². The van der Waals surface area contributed by atoms with Crippen LogP contribution in [0.3, 0.4) is 0 Å². The van der Waals surface area contributed by atoms with Gasteiger partial charge >= 0.3 is 0 Å². The molecule has 0 radical (unpaired) electrons. The SMILES string of the molecule is COc1cc(C(C)NCC2(C)COC2)ccc1O. The van der Waals surface area contributed by atoms with Gasteiger partial charge in [0.05, 0.1) is 20.3 Å². The summed E-state index contributed by atoms with van der Waals surface area (Å²) in [5, 5.41) is 13.1. The Morgan fingerprint density at radius 3 is 2.78 bits per heavy atom. The standard InChI is InChI=1S/C14H21NO3/c1-10(15-7-14(2)8-18-9-14)11-4-5-12(16)13(6-11)17-3/h4-6,10,15-16H,7-9H2,1-3H3. The van der Waals surface area contributed by atoms with Gasteiger partial charge in [0.1, 0.15) is 0 Å². The number of rotatable bonds is 5. The second kappa shape index (κ2) is 5.16. The number of nitrogens with one attached hydrogen (secondary N) is 1. The third-order valence-corrected chi connectivity index (χ3v) is 3.44. The fraction of sp³-hybridized carbons (Fsp3) is 0.571. The molecule has 1 aromatic carbocycles. The van der Waals surface area contributed by atoms with Gasteiger partial charge in [-0.25, -0.2) is 0 Å². The third-order valence-electron chi connectivity index (χ3n) is 3.44. The maximum Gasteiger partial charge on any atom is 0.160 e. The number of phenolic OH excluding ortho intramolecular Hbond substituents is 1. The molecule has 2 N–H and O–H groups in total. The maximum atomic E-state index is 9.56. The highest BCUT2D eigenvalue weighted by molar-refractivity contribution is 5.42. The molecule has 100 valence electrons. The Morgan fingerprint density at radius 1 is 1.50 bits per heavy atom. The normalized spacial score (nSPS) is 19.1. The van der Waals surface area contributed by atoms with E-state index in [4.69, 9.17) is 9.47 Å². The van der Waals surface area contributed by atoms with E-state index in [0.717, 1.165) is 25.3 Å². The van der Waals surface area contributed by atoms with Crippen LogP contribution in [0.15, 0.2) is 18.2 Å². The minimum atomic E-state index is 0.174. The lowest BCUT2D eigenvalue weighted by Gasteiger charge is -2.39. The first-order chi connectivity index (χ1) is 8.54. The Hall–Kier alpha value is -1.26. The molecule has 1 saturated heterocycles. The van der Waals surface area contributed by atoms with Crippen molar-refractivity contribution in [3.63, 3.8) is 0 Å². The summed E-state index contributed by atoms with van der Waals surface area (Å²) in [6.45, 7) is 6.90. The molecule has 1 aromatic rings. The molecule has 0 spiro atoms. The topological polar surface area (TPSA) is 50.7 Å². The van der Waals surface area contributed by atoms with Crippen LogP contribution in [-0.4, -0.2) is 32.0 Å². The summed E-state index contributed by atoms with van der Waals surface area (Å²) >= 11 is 0. The average molecular weight is 251 g/mol. The molecule has 1 heterocycles. The monoisotopic (exact) mass is 251 g/mol. The average Bonchev–Trinajstić information content (AvgIpc) is 2.34. The minimum absolute atomic E-state index is 0.174. The summed E-state index contributed by atoms with van der Waals surface area (Å²) < 4.78 is 10.4. The van der Waals surface area contributed by atoms with Gasteiger partial charge in [0.15, 0.2) is 11.5 Å². The van der Waals surface area contributed by atoms with Crippen molar-refractivity contribution in [2.75, 3.05) is 26.9 Å². The maximum absolute atomic E-state index is 9.56. The van der Waals surface area contributed by atoms with Gasteiger partial charge in [-0.2, -0.15) is 0 Å². The summed E-state index contributed by atoms with van der Waals surface area (Å²) in [4.78, 5) is 0. The van der Waals surface area contributed by atoms with Gasteiger partial charge in [-0.3, -0.25) is 0 Å². The Kier molecular flexibility index (Phi) is 3.78. The lowest BCUT2D eigenvalue weighted by atomic mass is 9.88. The summed E-state index contributed by atoms with van der Waals surface area (Å²) in [5.74, 6) is 0.687. The first-order valence-electron chi connectivity index (χ1n) is 6.22. The van der Waals surface area contributed by atoms with Gasteiger partial charge in [-0.1, -0.05) is 13.0 Å². The molecule has 0 bridgehead atoms. The number of methoxy groups -OCH3 is 1. The quantitative estimate of drug-likeness (QED) is 0.841. The number of aromatic hydroxyl groups is 1. The summed E-state index contributed by atoms with van der Waals surface area (Å²) in [6.07, 6.45) is 0. The zero-order chi connectivity index (χ0) is 13.2. The fourth-order valence-electron chi connectivity index (χ4n) is 2.03. The molecule has 2 rings (SSSR count). The highest BCUT2D eigenvalue weighted by Crippen LogP contribution is 2.30. The highest BCUT2D eigenvalue weighted by atomic mass is 16.5. The van der Waals surface area contributed by atoms with E-state index in [1.807, 2.05) is 12.1 Å². The number of benzene rings is 1. The zero-order valence-electron chi connectivity index (χ0n) is 11.2. The van der Waals surface area contributed by atoms with Crippen LogP contribution in [0.4, 0.5) is 0 Å². The summed E-state index contributed by atoms with van der Waals surface area (Å²) in [5.41, 5.74) is 1.36. The minimum Gasteiger partial charge on any atom is -0.504 e. The van der Waals surface area contributed by atoms with Gasteiger partial charge in [-0.15, -0.1) is 0 Å². The van der Waals surface area contributed by atoms with E-state index in [0.29, 0.717) is 5.75 Å². The predicted octanol–water partition coefficient (Wildman–Crippen LogP) is 2.09. The zero-order valence-corrected chi connectivity index (χ0v) is 11.2. The second-order valence-electron chi connectivity index (χ2n) is 5.34. The van der Waals surface area contributed by atoms with Gasteiger partial charge < -0.3 is 19.9 Å². The van der Waals surface area contributed by atoms with Gasteiger partial charge in [0.25, 0.3) is 0 Å². The van der Waals surface area contributed by atoms with E-state index in [1.54, 1.807) is 13.2 Å². The smallest absolute Gasteiger partial charge is 0.160 e. The molecular weight excluding hydrogens is 230 g/mol. The number of hydrogen-bond acceptors (Lipinski definition) is 4. The predicted molar refractivity (Wildman–Crippen MR) is 70.0 cm³/mol. The van der Waals surface area contributed by atoms with E-state index < -0.39 is 0 Å². The molecule has 18 heavy (non-hydrogen) atoms. The molecule has 4 nitrogen and oxygen atoms in total. The van der Waals surface area contributed by atoms with E-state index in [9.17, 15) is 5.11 Å². The summed E-state index contributed by atoms with van der Waals surface area (Å²) in [6, 6.07) is 5.67. The summed E-state index contributed by atoms with van der Waals surface area (Å²) in [7, 11) is 1.56. The molecule has 1 atom stereocenters. The molecule has 1 aliphatic heterocycles. The van der Waals surface area contributed by atoms with Crippen LogP contribution in [0, 0.1) is 5.41 Å². The van der Waals surface area contributed by atoms with Crippen LogP contribution in [0.2, 0.25) is 0 Å². The van der Waals surface area contributed by atoms with Crippen LogP contribution >= 0.6 is 0 Å². The second-order valence-corrected chi connectivity index (χ2v) is 5.34. The molecule has 0 aromatic heterocycles. The first kappa shape index (κ1) is 13.2. The first-order valence-corrected chi connectivity index (χ1v) is 6.22. The van der Waals surface area contributed by atoms with Crippen molar-refractivity contribution in [2.45, 2.75) is 19.9 Å². The molecular formula is C14H21NO3. The van der Waals surface area contributed by atoms with Crippen LogP contribution < -0.4 is 10.1 Å². The molecule has 1 aliphatic rings. The van der Waals surface area contributed by atoms with Crippen LogP contribution in [0.5, 0.6) is 11.5 Å². The lowest BCUT2D eigenvalue weighted by Crippen LogP contribution is -2.47. The van der Waals surface area contributed by atoms with E-state index in [1.165, 1.54) is 0 Å². The molecule has 1 unspecified atom stereocenters. The molecule has 4 heteroatoms. The Balaban J connectivity index is 1.97. The van der Waals surface area contributed by atoms with Crippen molar-refractivity contribution >= 4 is 0 Å². The Bertz CT molecular complexity index is 416. The third kappa shape index (κ3) is 2.76. The van der Waals surface area contributed by atoms with E-state index in [-0.39, 0.29) is 17.2 Å². The molecule has 0 aliphatic carbocycles. The Morgan fingerprint density at radius 2 is 2.22 bits per heavy atom. The van der Waals surface area contributed by atoms with Crippen LogP contribution in [0.1, 0.15) is 25.5 Å². The van der Waals surface area contributed by atoms with Gasteiger partial charge in [0.2, 0.25) is 0 Å². The van der Waals surface area contributed by atoms with Crippen molar-refractivity contribution in [2.24, 2.45) is 5.41 Å². The van der Waals surface area contributed by atoms with Crippen LogP contribution in [-0.2, 0) is 4.74 Å². The van der Waals surface area contributed by atoms with Crippen molar-refractivity contribution in [3.05, 3.63) is 23.8 Å². The molecule has 0 amide bonds. The van der Waals surface area contributed by atoms with E-state index >= 15 is 0 Å². The number of phenols is 1. The van der Waals surface area contributed by atoms with Crippen molar-refractivity contribution in [1.29, 1.82) is 0 Å². The van der Waals surface area contributed by atoms with Crippen molar-refractivity contribution < 1.29 is 14.6 Å². The van der Waals surface area contributed by atoms with Crippen molar-refractivity contribution in [3.8, 4) is 11.5 Å². The van der Waals surface area contributed by atoms with Crippen molar-refractivity contribution in [1.82, 2.24) is 5.32 Å². The highest BCUT2D eigenvalue weighted by Gasteiger charge is 2.33. The van der Waals surface area contributed by atoms with Gasteiger partial charge in [-0.05, 0) is 24.6 Å². The van der Waals surface area contributed by atoms with Crippen LogP contribution in [0.25, 0.3) is 0 Å².